The van der Waals surface area contributed by atoms with Crippen molar-refractivity contribution in [2.24, 2.45) is 0 Å². The average molecular weight is 403 g/mol. The highest BCUT2D eigenvalue weighted by Gasteiger charge is 2.19. The summed E-state index contributed by atoms with van der Waals surface area (Å²) in [6.45, 7) is 5.23. The number of hydrogen-bond donors (Lipinski definition) is 1. The Morgan fingerprint density at radius 2 is 2.03 bits per heavy atom. The van der Waals surface area contributed by atoms with E-state index in [1.165, 1.54) is 27.2 Å². The number of nitrogens with zero attached hydrogens (tertiary/aromatic N) is 5. The molecule has 0 atom stereocenters. The molecule has 0 unspecified atom stereocenters. The lowest BCUT2D eigenvalue weighted by Crippen LogP contribution is -2.47. The van der Waals surface area contributed by atoms with Crippen molar-refractivity contribution in [3.05, 3.63) is 54.0 Å². The number of piperazine rings is 1. The quantitative estimate of drug-likeness (QED) is 0.550. The Hall–Kier alpha value is -2.95. The number of rotatable bonds is 5. The van der Waals surface area contributed by atoms with Crippen LogP contribution in [-0.4, -0.2) is 52.0 Å². The highest BCUT2D eigenvalue weighted by atomic mass is 32.1. The lowest BCUT2D eigenvalue weighted by Gasteiger charge is -2.35. The molecule has 0 spiro atoms. The van der Waals surface area contributed by atoms with Crippen LogP contribution in [0.3, 0.4) is 0 Å². The van der Waals surface area contributed by atoms with Gasteiger partial charge < -0.3 is 9.88 Å². The smallest absolute Gasteiger partial charge is 0.138 e. The van der Waals surface area contributed by atoms with Crippen molar-refractivity contribution in [1.29, 1.82) is 5.26 Å². The van der Waals surface area contributed by atoms with Crippen LogP contribution in [0.1, 0.15) is 17.5 Å². The highest BCUT2D eigenvalue weighted by Crippen LogP contribution is 2.27. The zero-order valence-electron chi connectivity index (χ0n) is 16.1. The minimum atomic E-state index is 0.724. The van der Waals surface area contributed by atoms with E-state index in [0.717, 1.165) is 67.8 Å². The van der Waals surface area contributed by atoms with Gasteiger partial charge in [0.1, 0.15) is 11.9 Å². The molecule has 7 heteroatoms. The van der Waals surface area contributed by atoms with Crippen molar-refractivity contribution in [2.75, 3.05) is 37.6 Å². The first-order valence-corrected chi connectivity index (χ1v) is 10.8. The lowest BCUT2D eigenvalue weighted by molar-refractivity contribution is 0.255. The van der Waals surface area contributed by atoms with Crippen LogP contribution >= 0.6 is 11.5 Å². The third kappa shape index (κ3) is 3.57. The molecular formula is C22H22N6S. The number of fused-ring (bicyclic) bond motifs is 2. The highest BCUT2D eigenvalue weighted by molar-refractivity contribution is 7.13. The molecule has 29 heavy (non-hydrogen) atoms. The van der Waals surface area contributed by atoms with Gasteiger partial charge in [0.2, 0.25) is 0 Å². The van der Waals surface area contributed by atoms with Gasteiger partial charge in [0, 0.05) is 49.5 Å². The molecule has 1 saturated heterocycles. The fourth-order valence-corrected chi connectivity index (χ4v) is 4.78. The molecule has 146 valence electrons. The Morgan fingerprint density at radius 3 is 2.90 bits per heavy atom. The van der Waals surface area contributed by atoms with E-state index < -0.39 is 0 Å². The maximum absolute atomic E-state index is 9.22. The van der Waals surface area contributed by atoms with Crippen molar-refractivity contribution >= 4 is 38.3 Å². The number of H-pyrrole nitrogens is 1. The number of aryl methyl sites for hydroxylation is 1. The van der Waals surface area contributed by atoms with E-state index in [-0.39, 0.29) is 0 Å². The molecule has 0 amide bonds. The normalized spacial score (nSPS) is 15.2. The van der Waals surface area contributed by atoms with E-state index in [2.05, 4.69) is 48.4 Å². The molecule has 0 saturated carbocycles. The Bertz CT molecular complexity index is 1180. The van der Waals surface area contributed by atoms with Crippen LogP contribution in [0.5, 0.6) is 0 Å². The molecular weight excluding hydrogens is 380 g/mol. The molecule has 1 aromatic carbocycles. The lowest BCUT2D eigenvalue weighted by atomic mass is 10.1. The molecule has 4 heterocycles. The van der Waals surface area contributed by atoms with E-state index >= 15 is 0 Å². The number of pyridine rings is 1. The molecule has 1 N–H and O–H groups in total. The number of nitrogens with one attached hydrogen (secondary N) is 1. The van der Waals surface area contributed by atoms with Crippen LogP contribution < -0.4 is 4.90 Å². The summed E-state index contributed by atoms with van der Waals surface area (Å²) in [4.78, 5) is 12.7. The third-order valence-electron chi connectivity index (χ3n) is 5.74. The fraction of sp³-hybridized carbons (Fsp3) is 0.318. The van der Waals surface area contributed by atoms with Crippen molar-refractivity contribution in [3.63, 3.8) is 0 Å². The van der Waals surface area contributed by atoms with Crippen molar-refractivity contribution in [3.8, 4) is 6.07 Å². The largest absolute Gasteiger partial charge is 0.360 e. The molecule has 6 nitrogen and oxygen atoms in total. The van der Waals surface area contributed by atoms with Gasteiger partial charge in [0.25, 0.3) is 0 Å². The Balaban J connectivity index is 1.16. The van der Waals surface area contributed by atoms with Gasteiger partial charge in [0.05, 0.1) is 21.8 Å². The van der Waals surface area contributed by atoms with Gasteiger partial charge >= 0.3 is 0 Å². The number of nitriles is 1. The van der Waals surface area contributed by atoms with Gasteiger partial charge in [-0.05, 0) is 54.7 Å². The molecule has 1 aliphatic rings. The van der Waals surface area contributed by atoms with Crippen LogP contribution in [0.2, 0.25) is 0 Å². The van der Waals surface area contributed by atoms with E-state index in [4.69, 9.17) is 0 Å². The van der Waals surface area contributed by atoms with Gasteiger partial charge in [-0.1, -0.05) is 6.07 Å². The van der Waals surface area contributed by atoms with E-state index in [9.17, 15) is 5.26 Å². The van der Waals surface area contributed by atoms with Crippen molar-refractivity contribution in [2.45, 2.75) is 12.8 Å². The van der Waals surface area contributed by atoms with Crippen LogP contribution in [0.4, 0.5) is 5.82 Å². The third-order valence-corrected chi connectivity index (χ3v) is 6.50. The predicted octanol–water partition coefficient (Wildman–Crippen LogP) is 3.80. The molecule has 0 bridgehead atoms. The summed E-state index contributed by atoms with van der Waals surface area (Å²) >= 11 is 1.53. The van der Waals surface area contributed by atoms with Gasteiger partial charge in [-0.15, -0.1) is 0 Å². The van der Waals surface area contributed by atoms with Crippen LogP contribution in [-0.2, 0) is 6.42 Å². The number of anilines is 1. The molecule has 0 radical (unpaired) electrons. The van der Waals surface area contributed by atoms with Crippen LogP contribution in [0.15, 0.2) is 42.9 Å². The van der Waals surface area contributed by atoms with Crippen LogP contribution in [0.25, 0.3) is 21.0 Å². The second-order valence-electron chi connectivity index (χ2n) is 7.50. The number of aromatic nitrogens is 3. The first-order valence-electron chi connectivity index (χ1n) is 9.98. The number of benzene rings is 1. The fourth-order valence-electron chi connectivity index (χ4n) is 4.14. The first kappa shape index (κ1) is 18.1. The standard InChI is InChI=1S/C22H22N6S/c23-13-17-14-25-20-4-3-16(12-18(17)20)2-1-7-27-8-10-28(11-9-27)22-19-15-26-29-21(19)5-6-24-22/h3-6,12,14-15,25H,1-2,7-11H2. The second kappa shape index (κ2) is 7.82. The monoisotopic (exact) mass is 402 g/mol. The minimum absolute atomic E-state index is 0.724. The molecule has 0 aliphatic carbocycles. The van der Waals surface area contributed by atoms with Gasteiger partial charge in [-0.3, -0.25) is 4.90 Å². The maximum Gasteiger partial charge on any atom is 0.138 e. The Morgan fingerprint density at radius 1 is 1.14 bits per heavy atom. The Kier molecular flexibility index (Phi) is 4.88. The summed E-state index contributed by atoms with van der Waals surface area (Å²) < 4.78 is 5.52. The average Bonchev–Trinajstić information content (AvgIpc) is 3.40. The van der Waals surface area contributed by atoms with E-state index in [1.54, 1.807) is 6.20 Å². The number of aromatic amines is 1. The molecule has 5 rings (SSSR count). The summed E-state index contributed by atoms with van der Waals surface area (Å²) in [6.07, 6.45) is 7.78. The molecule has 1 aliphatic heterocycles. The summed E-state index contributed by atoms with van der Waals surface area (Å²) in [7, 11) is 0. The predicted molar refractivity (Wildman–Crippen MR) is 117 cm³/mol. The van der Waals surface area contributed by atoms with Gasteiger partial charge in [-0.2, -0.15) is 9.64 Å². The van der Waals surface area contributed by atoms with Gasteiger partial charge in [0.15, 0.2) is 0 Å². The zero-order chi connectivity index (χ0) is 19.6. The van der Waals surface area contributed by atoms with Crippen molar-refractivity contribution in [1.82, 2.24) is 19.2 Å². The van der Waals surface area contributed by atoms with E-state index in [0.29, 0.717) is 0 Å². The zero-order valence-corrected chi connectivity index (χ0v) is 17.0. The summed E-state index contributed by atoms with van der Waals surface area (Å²) in [5.74, 6) is 1.07. The van der Waals surface area contributed by atoms with E-state index in [1.807, 2.05) is 18.5 Å². The molecule has 3 aromatic heterocycles. The SMILES string of the molecule is N#Cc1c[nH]c2ccc(CCCN3CCN(c4nccc5sncc45)CC3)cc12. The summed E-state index contributed by atoms with van der Waals surface area (Å²) in [6, 6.07) is 10.7. The summed E-state index contributed by atoms with van der Waals surface area (Å²) in [5.41, 5.74) is 3.06. The van der Waals surface area contributed by atoms with Crippen molar-refractivity contribution < 1.29 is 0 Å². The Labute approximate surface area is 173 Å². The molecule has 4 aromatic rings. The topological polar surface area (TPSA) is 71.8 Å². The second-order valence-corrected chi connectivity index (χ2v) is 8.33. The number of hydrogen-bond acceptors (Lipinski definition) is 6. The van der Waals surface area contributed by atoms with Crippen LogP contribution in [0, 0.1) is 11.3 Å². The maximum atomic E-state index is 9.22. The first-order chi connectivity index (χ1) is 14.3. The van der Waals surface area contributed by atoms with Gasteiger partial charge in [-0.25, -0.2) is 4.98 Å². The minimum Gasteiger partial charge on any atom is -0.360 e. The summed E-state index contributed by atoms with van der Waals surface area (Å²) in [5, 5.41) is 11.4. The molecule has 1 fully saturated rings.